The van der Waals surface area contributed by atoms with Crippen LogP contribution in [-0.2, 0) is 27.5 Å². The van der Waals surface area contributed by atoms with E-state index in [0.29, 0.717) is 26.4 Å². The first-order valence-corrected chi connectivity index (χ1v) is 9.71. The summed E-state index contributed by atoms with van der Waals surface area (Å²) in [6.07, 6.45) is 0. The van der Waals surface area contributed by atoms with Crippen LogP contribution >= 0.6 is 11.8 Å². The predicted octanol–water partition coefficient (Wildman–Crippen LogP) is 1.28. The lowest BCUT2D eigenvalue weighted by atomic mass is 10.7. The van der Waals surface area contributed by atoms with Crippen LogP contribution in [0.15, 0.2) is 0 Å². The number of rotatable bonds is 15. The van der Waals surface area contributed by atoms with E-state index in [0.717, 1.165) is 24.2 Å². The summed E-state index contributed by atoms with van der Waals surface area (Å²) in [5.41, 5.74) is 0. The van der Waals surface area contributed by atoms with E-state index in [1.807, 2.05) is 11.8 Å². The summed E-state index contributed by atoms with van der Waals surface area (Å²) in [6.45, 7) is 3.20. The molecule has 0 aliphatic rings. The molecule has 0 aliphatic heterocycles. The van der Waals surface area contributed by atoms with Crippen molar-refractivity contribution in [3.8, 4) is 0 Å². The molecular weight excluding hydrogens is 300 g/mol. The van der Waals surface area contributed by atoms with Crippen molar-refractivity contribution in [2.24, 2.45) is 0 Å². The van der Waals surface area contributed by atoms with Gasteiger partial charge < -0.3 is 27.5 Å². The highest BCUT2D eigenvalue weighted by atomic mass is 32.2. The molecule has 0 atom stereocenters. The topological polar surface area (TPSA) is 55.4 Å². The molecule has 0 fully saturated rings. The molecule has 20 heavy (non-hydrogen) atoms. The van der Waals surface area contributed by atoms with Crippen LogP contribution in [0.3, 0.4) is 0 Å². The van der Waals surface area contributed by atoms with Gasteiger partial charge in [0.15, 0.2) is 0 Å². The zero-order chi connectivity index (χ0) is 15.1. The molecule has 0 aromatic rings. The number of hydrogen-bond donors (Lipinski definition) is 0. The van der Waals surface area contributed by atoms with Gasteiger partial charge >= 0.3 is 8.80 Å². The standard InChI is InChI=1S/C12H28O6SSi/c1-13-5-6-17-7-8-18-9-10-19-11-12-20(14-2,15-3)16-4/h5-12H2,1-4H3. The van der Waals surface area contributed by atoms with E-state index in [1.54, 1.807) is 28.4 Å². The Hall–Kier alpha value is 0.327. The van der Waals surface area contributed by atoms with Gasteiger partial charge in [0, 0.05) is 40.2 Å². The lowest BCUT2D eigenvalue weighted by Gasteiger charge is -2.23. The fourth-order valence-electron chi connectivity index (χ4n) is 1.44. The largest absolute Gasteiger partial charge is 0.500 e. The Morgan fingerprint density at radius 3 is 1.80 bits per heavy atom. The molecule has 6 nitrogen and oxygen atoms in total. The molecule has 0 bridgehead atoms. The van der Waals surface area contributed by atoms with E-state index >= 15 is 0 Å². The smallest absolute Gasteiger partial charge is 0.382 e. The SMILES string of the molecule is COCCOCCOCCSCC[Si](OC)(OC)OC. The van der Waals surface area contributed by atoms with Crippen molar-refractivity contribution in [3.63, 3.8) is 0 Å². The summed E-state index contributed by atoms with van der Waals surface area (Å²) in [5, 5.41) is 0. The molecule has 0 aromatic carbocycles. The summed E-state index contributed by atoms with van der Waals surface area (Å²) in [4.78, 5) is 0. The highest BCUT2D eigenvalue weighted by Crippen LogP contribution is 2.16. The molecule has 0 rings (SSSR count). The second-order valence-electron chi connectivity index (χ2n) is 3.88. The van der Waals surface area contributed by atoms with Crippen LogP contribution in [0.4, 0.5) is 0 Å². The van der Waals surface area contributed by atoms with E-state index in [2.05, 4.69) is 0 Å². The highest BCUT2D eigenvalue weighted by molar-refractivity contribution is 7.99. The van der Waals surface area contributed by atoms with Gasteiger partial charge in [-0.3, -0.25) is 0 Å². The average Bonchev–Trinajstić information content (AvgIpc) is 2.49. The van der Waals surface area contributed by atoms with E-state index in [-0.39, 0.29) is 0 Å². The summed E-state index contributed by atoms with van der Waals surface area (Å²) in [6, 6.07) is 0.807. The van der Waals surface area contributed by atoms with Gasteiger partial charge in [-0.1, -0.05) is 0 Å². The molecule has 0 radical (unpaired) electrons. The molecule has 0 aliphatic carbocycles. The van der Waals surface area contributed by atoms with Crippen LogP contribution in [0.25, 0.3) is 0 Å². The fourth-order valence-corrected chi connectivity index (χ4v) is 4.57. The van der Waals surface area contributed by atoms with Crippen LogP contribution in [0.5, 0.6) is 0 Å². The predicted molar refractivity (Wildman–Crippen MR) is 82.4 cm³/mol. The van der Waals surface area contributed by atoms with Crippen LogP contribution in [-0.4, -0.2) is 81.8 Å². The minimum absolute atomic E-state index is 0.612. The zero-order valence-electron chi connectivity index (χ0n) is 13.0. The maximum atomic E-state index is 5.46. The minimum Gasteiger partial charge on any atom is -0.382 e. The molecule has 122 valence electrons. The summed E-state index contributed by atoms with van der Waals surface area (Å²) >= 11 is 1.81. The van der Waals surface area contributed by atoms with E-state index < -0.39 is 8.80 Å². The zero-order valence-corrected chi connectivity index (χ0v) is 14.8. The minimum atomic E-state index is -2.40. The molecule has 0 saturated carbocycles. The molecule has 8 heteroatoms. The Balaban J connectivity index is 3.32. The van der Waals surface area contributed by atoms with Crippen LogP contribution in [0.1, 0.15) is 0 Å². The van der Waals surface area contributed by atoms with E-state index in [9.17, 15) is 0 Å². The molecule has 0 heterocycles. The Morgan fingerprint density at radius 1 is 0.700 bits per heavy atom. The van der Waals surface area contributed by atoms with Gasteiger partial charge in [0.05, 0.1) is 33.0 Å². The van der Waals surface area contributed by atoms with E-state index in [1.165, 1.54) is 0 Å². The number of ether oxygens (including phenoxy) is 3. The van der Waals surface area contributed by atoms with Crippen molar-refractivity contribution < 1.29 is 27.5 Å². The quantitative estimate of drug-likeness (QED) is 0.331. The summed E-state index contributed by atoms with van der Waals surface area (Å²) in [5.74, 6) is 1.88. The van der Waals surface area contributed by atoms with Gasteiger partial charge in [0.2, 0.25) is 0 Å². The Bertz CT molecular complexity index is 198. The Labute approximate surface area is 127 Å². The van der Waals surface area contributed by atoms with Gasteiger partial charge in [-0.05, 0) is 5.75 Å². The Morgan fingerprint density at radius 2 is 1.25 bits per heavy atom. The molecule has 0 unspecified atom stereocenters. The second kappa shape index (κ2) is 14.3. The number of hydrogen-bond acceptors (Lipinski definition) is 7. The first kappa shape index (κ1) is 20.3. The Kier molecular flexibility index (Phi) is 14.5. The molecule has 0 spiro atoms. The van der Waals surface area contributed by atoms with Crippen molar-refractivity contribution in [2.75, 3.05) is 73.0 Å². The third kappa shape index (κ3) is 10.1. The van der Waals surface area contributed by atoms with Crippen LogP contribution in [0, 0.1) is 0 Å². The first-order chi connectivity index (χ1) is 9.74. The third-order valence-electron chi connectivity index (χ3n) is 2.66. The number of thioether (sulfide) groups is 1. The van der Waals surface area contributed by atoms with Crippen molar-refractivity contribution in [2.45, 2.75) is 6.04 Å². The van der Waals surface area contributed by atoms with E-state index in [4.69, 9.17) is 27.5 Å². The third-order valence-corrected chi connectivity index (χ3v) is 6.70. The van der Waals surface area contributed by atoms with Crippen molar-refractivity contribution >= 4 is 20.6 Å². The van der Waals surface area contributed by atoms with Gasteiger partial charge in [-0.2, -0.15) is 11.8 Å². The van der Waals surface area contributed by atoms with Crippen LogP contribution in [0.2, 0.25) is 6.04 Å². The normalized spacial score (nSPS) is 12.0. The molecule has 0 saturated heterocycles. The molecular formula is C12H28O6SSi. The molecule has 0 amide bonds. The summed E-state index contributed by atoms with van der Waals surface area (Å²) in [7, 11) is 4.16. The monoisotopic (exact) mass is 328 g/mol. The van der Waals surface area contributed by atoms with Crippen molar-refractivity contribution in [3.05, 3.63) is 0 Å². The van der Waals surface area contributed by atoms with Gasteiger partial charge in [-0.15, -0.1) is 0 Å². The summed E-state index contributed by atoms with van der Waals surface area (Å²) < 4.78 is 31.7. The van der Waals surface area contributed by atoms with Gasteiger partial charge in [-0.25, -0.2) is 0 Å². The lowest BCUT2D eigenvalue weighted by molar-refractivity contribution is 0.0286. The molecule has 0 N–H and O–H groups in total. The average molecular weight is 329 g/mol. The number of methoxy groups -OCH3 is 1. The maximum Gasteiger partial charge on any atom is 0.500 e. The second-order valence-corrected chi connectivity index (χ2v) is 8.19. The fraction of sp³-hybridized carbons (Fsp3) is 1.00. The first-order valence-electron chi connectivity index (χ1n) is 6.62. The lowest BCUT2D eigenvalue weighted by Crippen LogP contribution is -2.43. The van der Waals surface area contributed by atoms with Crippen LogP contribution < -0.4 is 0 Å². The van der Waals surface area contributed by atoms with Gasteiger partial charge in [0.25, 0.3) is 0 Å². The van der Waals surface area contributed by atoms with Gasteiger partial charge in [0.1, 0.15) is 0 Å². The maximum absolute atomic E-state index is 5.46. The van der Waals surface area contributed by atoms with Crippen molar-refractivity contribution in [1.82, 2.24) is 0 Å². The highest BCUT2D eigenvalue weighted by Gasteiger charge is 2.36. The van der Waals surface area contributed by atoms with Crippen molar-refractivity contribution in [1.29, 1.82) is 0 Å². The molecule has 0 aromatic heterocycles.